The molecule has 7 nitrogen and oxygen atoms in total. The Balaban J connectivity index is 0.00000420. The lowest BCUT2D eigenvalue weighted by atomic mass is 10.2. The van der Waals surface area contributed by atoms with Crippen molar-refractivity contribution < 1.29 is 9.53 Å². The van der Waals surface area contributed by atoms with Crippen LogP contribution in [0, 0.1) is 0 Å². The standard InChI is InChI=1S/C20H32ClN5O2.HI/c1-5-26-10-6-7-16(26)13-23-20(24-14-19(27)25(2)3)22-12-15-8-9-18(28-4)17(21)11-15;/h8-9,11,16H,5-7,10,12-14H2,1-4H3,(H2,22,23,24);1H. The number of methoxy groups -OCH3 is 1. The number of amides is 1. The van der Waals surface area contributed by atoms with Crippen LogP contribution >= 0.6 is 35.6 Å². The summed E-state index contributed by atoms with van der Waals surface area (Å²) < 4.78 is 5.19. The van der Waals surface area contributed by atoms with Gasteiger partial charge in [-0.3, -0.25) is 9.69 Å². The Labute approximate surface area is 196 Å². The van der Waals surface area contributed by atoms with E-state index in [0.29, 0.717) is 29.3 Å². The third-order valence-electron chi connectivity index (χ3n) is 4.95. The quantitative estimate of drug-likeness (QED) is 0.303. The molecule has 1 aliphatic rings. The van der Waals surface area contributed by atoms with Gasteiger partial charge < -0.3 is 20.3 Å². The average molecular weight is 538 g/mol. The topological polar surface area (TPSA) is 69.2 Å². The van der Waals surface area contributed by atoms with Gasteiger partial charge in [0, 0.05) is 26.7 Å². The molecule has 1 aliphatic heterocycles. The number of nitrogens with one attached hydrogen (secondary N) is 2. The van der Waals surface area contributed by atoms with Crippen molar-refractivity contribution in [3.8, 4) is 5.75 Å². The molecule has 1 aromatic rings. The van der Waals surface area contributed by atoms with Crippen LogP contribution in [-0.4, -0.2) is 75.1 Å². The molecule has 2 N–H and O–H groups in total. The van der Waals surface area contributed by atoms with Gasteiger partial charge in [0.05, 0.1) is 25.2 Å². The van der Waals surface area contributed by atoms with Crippen molar-refractivity contribution in [2.24, 2.45) is 4.99 Å². The summed E-state index contributed by atoms with van der Waals surface area (Å²) >= 11 is 6.20. The summed E-state index contributed by atoms with van der Waals surface area (Å²) in [5.74, 6) is 1.27. The fraction of sp³-hybridized carbons (Fsp3) is 0.600. The molecule has 1 aromatic carbocycles. The van der Waals surface area contributed by atoms with Gasteiger partial charge in [0.15, 0.2) is 5.96 Å². The van der Waals surface area contributed by atoms with Crippen LogP contribution in [0.3, 0.4) is 0 Å². The summed E-state index contributed by atoms with van der Waals surface area (Å²) in [6, 6.07) is 6.12. The van der Waals surface area contributed by atoms with Gasteiger partial charge in [0.2, 0.25) is 5.91 Å². The second-order valence-electron chi connectivity index (χ2n) is 7.08. The summed E-state index contributed by atoms with van der Waals surface area (Å²) in [7, 11) is 5.08. The molecule has 0 aromatic heterocycles. The SMILES string of the molecule is CCN1CCCC1CNC(=NCc1ccc(OC)c(Cl)c1)NCC(=O)N(C)C.I. The molecule has 2 rings (SSSR count). The van der Waals surface area contributed by atoms with Gasteiger partial charge in [-0.2, -0.15) is 0 Å². The molecule has 1 fully saturated rings. The number of rotatable bonds is 8. The molecule has 0 bridgehead atoms. The fourth-order valence-electron chi connectivity index (χ4n) is 3.23. The number of halogens is 2. The summed E-state index contributed by atoms with van der Waals surface area (Å²) in [5.41, 5.74) is 0.974. The first-order valence-corrected chi connectivity index (χ1v) is 10.1. The summed E-state index contributed by atoms with van der Waals surface area (Å²) in [4.78, 5) is 20.6. The highest BCUT2D eigenvalue weighted by atomic mass is 127. The van der Waals surface area contributed by atoms with E-state index < -0.39 is 0 Å². The van der Waals surface area contributed by atoms with E-state index in [0.717, 1.165) is 25.2 Å². The second kappa shape index (κ2) is 13.1. The van der Waals surface area contributed by atoms with Gasteiger partial charge in [-0.05, 0) is 43.6 Å². The van der Waals surface area contributed by atoms with E-state index >= 15 is 0 Å². The van der Waals surface area contributed by atoms with Crippen molar-refractivity contribution in [2.75, 3.05) is 47.4 Å². The Hall–Kier alpha value is -1.26. The Morgan fingerprint density at radius 2 is 2.14 bits per heavy atom. The van der Waals surface area contributed by atoms with Crippen LogP contribution < -0.4 is 15.4 Å². The maximum atomic E-state index is 11.9. The van der Waals surface area contributed by atoms with Crippen molar-refractivity contribution in [1.29, 1.82) is 0 Å². The van der Waals surface area contributed by atoms with Crippen LogP contribution in [0.15, 0.2) is 23.2 Å². The molecule has 1 heterocycles. The third-order valence-corrected chi connectivity index (χ3v) is 5.25. The summed E-state index contributed by atoms with van der Waals surface area (Å²) in [6.45, 7) is 5.84. The number of guanidine groups is 1. The minimum Gasteiger partial charge on any atom is -0.495 e. The molecular formula is C20H33ClIN5O2. The van der Waals surface area contributed by atoms with Gasteiger partial charge in [0.25, 0.3) is 0 Å². The van der Waals surface area contributed by atoms with E-state index in [4.69, 9.17) is 16.3 Å². The van der Waals surface area contributed by atoms with Gasteiger partial charge in [-0.25, -0.2) is 4.99 Å². The number of nitrogens with zero attached hydrogens (tertiary/aromatic N) is 3. The third kappa shape index (κ3) is 8.18. The lowest BCUT2D eigenvalue weighted by Gasteiger charge is -2.24. The van der Waals surface area contributed by atoms with Crippen LogP contribution in [0.4, 0.5) is 0 Å². The lowest BCUT2D eigenvalue weighted by Crippen LogP contribution is -2.47. The first-order valence-electron chi connectivity index (χ1n) is 9.73. The van der Waals surface area contributed by atoms with Crippen molar-refractivity contribution in [3.63, 3.8) is 0 Å². The normalized spacial score (nSPS) is 16.9. The Morgan fingerprint density at radius 3 is 2.76 bits per heavy atom. The molecule has 9 heteroatoms. The van der Waals surface area contributed by atoms with E-state index in [1.54, 1.807) is 26.1 Å². The number of hydrogen-bond acceptors (Lipinski definition) is 4. The van der Waals surface area contributed by atoms with Crippen LogP contribution in [0.25, 0.3) is 0 Å². The maximum Gasteiger partial charge on any atom is 0.241 e. The Bertz CT molecular complexity index is 687. The van der Waals surface area contributed by atoms with Crippen molar-refractivity contribution >= 4 is 47.4 Å². The van der Waals surface area contributed by atoms with Crippen molar-refractivity contribution in [2.45, 2.75) is 32.4 Å². The number of ether oxygens (including phenoxy) is 1. The number of carbonyl (C=O) groups excluding carboxylic acids is 1. The number of likely N-dealkylation sites (tertiary alicyclic amines) is 1. The zero-order chi connectivity index (χ0) is 20.5. The highest BCUT2D eigenvalue weighted by Crippen LogP contribution is 2.25. The highest BCUT2D eigenvalue weighted by Gasteiger charge is 2.22. The molecule has 1 atom stereocenters. The van der Waals surface area contributed by atoms with Gasteiger partial charge in [0.1, 0.15) is 5.75 Å². The summed E-state index contributed by atoms with van der Waals surface area (Å²) in [5, 5.41) is 7.09. The van der Waals surface area contributed by atoms with Crippen LogP contribution in [0.1, 0.15) is 25.3 Å². The van der Waals surface area contributed by atoms with E-state index in [2.05, 4.69) is 27.4 Å². The molecule has 164 valence electrons. The number of likely N-dealkylation sites (N-methyl/N-ethyl adjacent to an activating group) is 2. The van der Waals surface area contributed by atoms with Crippen molar-refractivity contribution in [1.82, 2.24) is 20.4 Å². The largest absolute Gasteiger partial charge is 0.495 e. The smallest absolute Gasteiger partial charge is 0.241 e. The molecule has 0 saturated carbocycles. The molecule has 29 heavy (non-hydrogen) atoms. The molecule has 0 spiro atoms. The Kier molecular flexibility index (Phi) is 11.7. The van der Waals surface area contributed by atoms with E-state index in [9.17, 15) is 4.79 Å². The highest BCUT2D eigenvalue weighted by molar-refractivity contribution is 14.0. The maximum absolute atomic E-state index is 11.9. The molecule has 0 aliphatic carbocycles. The predicted octanol–water partition coefficient (Wildman–Crippen LogP) is 2.57. The molecule has 0 radical (unpaired) electrons. The minimum atomic E-state index is -0.00181. The Morgan fingerprint density at radius 1 is 1.38 bits per heavy atom. The number of carbonyl (C=O) groups is 1. The zero-order valence-corrected chi connectivity index (χ0v) is 20.8. The van der Waals surface area contributed by atoms with E-state index in [-0.39, 0.29) is 36.4 Å². The van der Waals surface area contributed by atoms with Crippen molar-refractivity contribution in [3.05, 3.63) is 28.8 Å². The fourth-order valence-corrected chi connectivity index (χ4v) is 3.51. The summed E-state index contributed by atoms with van der Waals surface area (Å²) in [6.07, 6.45) is 2.41. The molecular weight excluding hydrogens is 505 g/mol. The number of benzene rings is 1. The van der Waals surface area contributed by atoms with Gasteiger partial charge >= 0.3 is 0 Å². The first kappa shape index (κ1) is 25.8. The average Bonchev–Trinajstić information content (AvgIpc) is 3.14. The van der Waals surface area contributed by atoms with E-state index in [1.165, 1.54) is 12.8 Å². The van der Waals surface area contributed by atoms with Gasteiger partial charge in [-0.1, -0.05) is 24.6 Å². The van der Waals surface area contributed by atoms with Crippen LogP contribution in [0.5, 0.6) is 5.75 Å². The predicted molar refractivity (Wildman–Crippen MR) is 130 cm³/mol. The number of aliphatic imine (C=N–C) groups is 1. The van der Waals surface area contributed by atoms with Gasteiger partial charge in [-0.15, -0.1) is 24.0 Å². The van der Waals surface area contributed by atoms with Crippen LogP contribution in [-0.2, 0) is 11.3 Å². The lowest BCUT2D eigenvalue weighted by molar-refractivity contribution is -0.127. The minimum absolute atomic E-state index is 0. The first-order chi connectivity index (χ1) is 13.4. The molecule has 1 unspecified atom stereocenters. The number of hydrogen-bond donors (Lipinski definition) is 2. The van der Waals surface area contributed by atoms with Crippen LogP contribution in [0.2, 0.25) is 5.02 Å². The van der Waals surface area contributed by atoms with E-state index in [1.807, 2.05) is 18.2 Å². The second-order valence-corrected chi connectivity index (χ2v) is 7.49. The monoisotopic (exact) mass is 537 g/mol. The molecule has 1 saturated heterocycles. The molecule has 1 amide bonds. The zero-order valence-electron chi connectivity index (χ0n) is 17.7.